The maximum absolute atomic E-state index is 14.3. The Labute approximate surface area is 134 Å². The number of nitrogens with one attached hydrogen (secondary N) is 1. The van der Waals surface area contributed by atoms with Crippen LogP contribution >= 0.6 is 27.5 Å². The molecule has 1 N–H and O–H groups in total. The Morgan fingerprint density at radius 1 is 1.14 bits per heavy atom. The van der Waals surface area contributed by atoms with E-state index in [1.54, 1.807) is 13.0 Å². The highest BCUT2D eigenvalue weighted by Gasteiger charge is 2.23. The van der Waals surface area contributed by atoms with Crippen LogP contribution in [0.1, 0.15) is 24.1 Å². The van der Waals surface area contributed by atoms with Gasteiger partial charge in [-0.05, 0) is 52.3 Å². The Balaban J connectivity index is 2.58. The summed E-state index contributed by atoms with van der Waals surface area (Å²) in [4.78, 5) is 0. The number of halogens is 5. The fraction of sp³-hybridized carbons (Fsp3) is 0.200. The summed E-state index contributed by atoms with van der Waals surface area (Å²) in [6.07, 6.45) is 0. The molecular formula is C15H12BrClF3N. The average molecular weight is 379 g/mol. The summed E-state index contributed by atoms with van der Waals surface area (Å²) in [5.74, 6) is -2.04. The third kappa shape index (κ3) is 3.42. The van der Waals surface area contributed by atoms with E-state index < -0.39 is 23.5 Å². The second kappa shape index (κ2) is 6.81. The van der Waals surface area contributed by atoms with Crippen molar-refractivity contribution in [3.05, 3.63) is 68.4 Å². The van der Waals surface area contributed by atoms with Crippen molar-refractivity contribution in [3.63, 3.8) is 0 Å². The highest BCUT2D eigenvalue weighted by molar-refractivity contribution is 9.10. The van der Waals surface area contributed by atoms with Crippen LogP contribution in [0.25, 0.3) is 0 Å². The fourth-order valence-corrected chi connectivity index (χ4v) is 2.55. The van der Waals surface area contributed by atoms with E-state index in [9.17, 15) is 13.2 Å². The van der Waals surface area contributed by atoms with Gasteiger partial charge in [-0.25, -0.2) is 13.2 Å². The Morgan fingerprint density at radius 2 is 1.86 bits per heavy atom. The molecule has 1 atom stereocenters. The molecule has 1 nitrogen and oxygen atoms in total. The third-order valence-corrected chi connectivity index (χ3v) is 3.97. The zero-order valence-electron chi connectivity index (χ0n) is 11.1. The van der Waals surface area contributed by atoms with Crippen molar-refractivity contribution in [3.8, 4) is 0 Å². The van der Waals surface area contributed by atoms with Crippen LogP contribution in [0.5, 0.6) is 0 Å². The van der Waals surface area contributed by atoms with E-state index in [0.717, 1.165) is 0 Å². The van der Waals surface area contributed by atoms with E-state index in [1.165, 1.54) is 24.3 Å². The van der Waals surface area contributed by atoms with Crippen molar-refractivity contribution in [2.24, 2.45) is 0 Å². The molecule has 0 fully saturated rings. The minimum Gasteiger partial charge on any atom is -0.306 e. The first-order chi connectivity index (χ1) is 9.95. The molecule has 2 aromatic rings. The highest BCUT2D eigenvalue weighted by Crippen LogP contribution is 2.32. The van der Waals surface area contributed by atoms with Crippen LogP contribution in [0.15, 0.2) is 34.8 Å². The summed E-state index contributed by atoms with van der Waals surface area (Å²) >= 11 is 8.68. The molecule has 6 heteroatoms. The summed E-state index contributed by atoms with van der Waals surface area (Å²) in [5.41, 5.74) is 0.239. The van der Waals surface area contributed by atoms with E-state index >= 15 is 0 Å². The van der Waals surface area contributed by atoms with Crippen molar-refractivity contribution in [1.29, 1.82) is 0 Å². The lowest BCUT2D eigenvalue weighted by Crippen LogP contribution is -2.24. The van der Waals surface area contributed by atoms with E-state index in [0.29, 0.717) is 12.1 Å². The molecule has 0 heterocycles. The number of rotatable bonds is 4. The molecule has 0 aliphatic carbocycles. The van der Waals surface area contributed by atoms with Gasteiger partial charge in [-0.2, -0.15) is 0 Å². The normalized spacial score (nSPS) is 12.5. The Hall–Kier alpha value is -1.04. The highest BCUT2D eigenvalue weighted by atomic mass is 79.9. The topological polar surface area (TPSA) is 12.0 Å². The molecule has 0 aliphatic rings. The van der Waals surface area contributed by atoms with Gasteiger partial charge in [-0.15, -0.1) is 0 Å². The van der Waals surface area contributed by atoms with Gasteiger partial charge in [0.05, 0.1) is 15.5 Å². The lowest BCUT2D eigenvalue weighted by molar-refractivity contribution is 0.505. The van der Waals surface area contributed by atoms with E-state index in [-0.39, 0.29) is 15.1 Å². The predicted octanol–water partition coefficient (Wildman–Crippen LogP) is 5.22. The molecule has 0 saturated heterocycles. The first kappa shape index (κ1) is 16.3. The molecule has 0 radical (unpaired) electrons. The first-order valence-corrected chi connectivity index (χ1v) is 7.44. The van der Waals surface area contributed by atoms with Crippen LogP contribution in [0.4, 0.5) is 13.2 Å². The zero-order valence-corrected chi connectivity index (χ0v) is 13.4. The first-order valence-electron chi connectivity index (χ1n) is 6.27. The monoisotopic (exact) mass is 377 g/mol. The van der Waals surface area contributed by atoms with Gasteiger partial charge in [0.15, 0.2) is 0 Å². The molecule has 0 saturated carbocycles. The largest absolute Gasteiger partial charge is 0.306 e. The van der Waals surface area contributed by atoms with Gasteiger partial charge in [0, 0.05) is 5.56 Å². The molecule has 0 aliphatic heterocycles. The number of hydrogen-bond acceptors (Lipinski definition) is 1. The third-order valence-electron chi connectivity index (χ3n) is 3.05. The van der Waals surface area contributed by atoms with Gasteiger partial charge in [0.2, 0.25) is 0 Å². The molecular weight excluding hydrogens is 367 g/mol. The minimum atomic E-state index is -0.806. The maximum atomic E-state index is 14.3. The summed E-state index contributed by atoms with van der Waals surface area (Å²) in [5, 5.41) is 2.92. The Morgan fingerprint density at radius 3 is 2.48 bits per heavy atom. The van der Waals surface area contributed by atoms with Gasteiger partial charge in [-0.1, -0.05) is 24.6 Å². The molecule has 1 unspecified atom stereocenters. The second-order valence-corrected chi connectivity index (χ2v) is 5.68. The molecule has 0 aromatic heterocycles. The van der Waals surface area contributed by atoms with Gasteiger partial charge in [-0.3, -0.25) is 0 Å². The van der Waals surface area contributed by atoms with Gasteiger partial charge in [0.1, 0.15) is 17.5 Å². The van der Waals surface area contributed by atoms with Crippen molar-refractivity contribution >= 4 is 27.5 Å². The second-order valence-electron chi connectivity index (χ2n) is 4.42. The van der Waals surface area contributed by atoms with E-state index in [1.807, 2.05) is 0 Å². The standard InChI is InChI=1S/C15H12BrClF3N/c1-2-21-15(8-3-5-10(17)12(19)7-8)13-11(18)6-4-9(16)14(13)20/h3-7,15,21H,2H2,1H3. The van der Waals surface area contributed by atoms with Gasteiger partial charge < -0.3 is 5.32 Å². The number of hydrogen-bond donors (Lipinski definition) is 1. The van der Waals surface area contributed by atoms with Crippen molar-refractivity contribution < 1.29 is 13.2 Å². The predicted molar refractivity (Wildman–Crippen MR) is 81.0 cm³/mol. The van der Waals surface area contributed by atoms with E-state index in [4.69, 9.17) is 11.6 Å². The van der Waals surface area contributed by atoms with Crippen LogP contribution in [-0.2, 0) is 0 Å². The summed E-state index contributed by atoms with van der Waals surface area (Å²) in [6.45, 7) is 2.26. The van der Waals surface area contributed by atoms with Crippen molar-refractivity contribution in [2.75, 3.05) is 6.54 Å². The zero-order chi connectivity index (χ0) is 15.6. The van der Waals surface area contributed by atoms with Crippen LogP contribution in [-0.4, -0.2) is 6.54 Å². The Bertz CT molecular complexity index is 664. The minimum absolute atomic E-state index is 0.0378. The molecule has 0 bridgehead atoms. The average Bonchev–Trinajstić information content (AvgIpc) is 2.45. The maximum Gasteiger partial charge on any atom is 0.145 e. The smallest absolute Gasteiger partial charge is 0.145 e. The van der Waals surface area contributed by atoms with Gasteiger partial charge >= 0.3 is 0 Å². The SMILES string of the molecule is CCNC(c1ccc(Cl)c(F)c1)c1c(F)ccc(Br)c1F. The summed E-state index contributed by atoms with van der Waals surface area (Å²) in [7, 11) is 0. The van der Waals surface area contributed by atoms with E-state index in [2.05, 4.69) is 21.2 Å². The number of benzene rings is 2. The molecule has 2 rings (SSSR count). The fourth-order valence-electron chi connectivity index (χ4n) is 2.09. The van der Waals surface area contributed by atoms with Crippen molar-refractivity contribution in [2.45, 2.75) is 13.0 Å². The Kier molecular flexibility index (Phi) is 5.30. The molecule has 0 amide bonds. The molecule has 112 valence electrons. The molecule has 2 aromatic carbocycles. The molecule has 21 heavy (non-hydrogen) atoms. The van der Waals surface area contributed by atoms with Crippen LogP contribution in [0.3, 0.4) is 0 Å². The van der Waals surface area contributed by atoms with Crippen LogP contribution in [0.2, 0.25) is 5.02 Å². The summed E-state index contributed by atoms with van der Waals surface area (Å²) < 4.78 is 42.1. The van der Waals surface area contributed by atoms with Gasteiger partial charge in [0.25, 0.3) is 0 Å². The van der Waals surface area contributed by atoms with Crippen LogP contribution in [0, 0.1) is 17.5 Å². The summed E-state index contributed by atoms with van der Waals surface area (Å²) in [6, 6.07) is 5.73. The quantitative estimate of drug-likeness (QED) is 0.719. The molecule has 0 spiro atoms. The lowest BCUT2D eigenvalue weighted by Gasteiger charge is -2.21. The lowest BCUT2D eigenvalue weighted by atomic mass is 9.97. The van der Waals surface area contributed by atoms with Crippen LogP contribution < -0.4 is 5.32 Å². The van der Waals surface area contributed by atoms with Crippen molar-refractivity contribution in [1.82, 2.24) is 5.32 Å².